The highest BCUT2D eigenvalue weighted by atomic mass is 32.1. The molecule has 5 amide bonds. The number of amides is 5. The van der Waals surface area contributed by atoms with Crippen molar-refractivity contribution in [3.63, 3.8) is 0 Å². The van der Waals surface area contributed by atoms with Crippen LogP contribution in [0.1, 0.15) is 125 Å². The number of H-pyrrole nitrogens is 1. The Morgan fingerprint density at radius 1 is 0.826 bits per heavy atom. The van der Waals surface area contributed by atoms with E-state index < -0.39 is 121 Å². The molecular weight excluding hydrogens is 1300 g/mol. The number of aliphatic hydroxyl groups excluding tert-OH is 1. The number of aromatic hydroxyl groups is 1. The van der Waals surface area contributed by atoms with Crippen LogP contribution in [0.25, 0.3) is 49.3 Å². The van der Waals surface area contributed by atoms with E-state index in [1.165, 1.54) is 48.5 Å². The second kappa shape index (κ2) is 25.5. The van der Waals surface area contributed by atoms with Crippen LogP contribution < -0.4 is 27.0 Å². The maximum Gasteiger partial charge on any atom is 0.355 e. The van der Waals surface area contributed by atoms with Gasteiger partial charge in [0.2, 0.25) is 5.91 Å². The van der Waals surface area contributed by atoms with E-state index in [2.05, 4.69) is 41.2 Å². The highest BCUT2D eigenvalue weighted by Gasteiger charge is 2.50. The fourth-order valence-electron chi connectivity index (χ4n) is 11.4. The fraction of sp³-hybridized carbons (Fsp3) is 0.362. The molecule has 12 rings (SSSR count). The largest absolute Gasteiger partial charge is 0.506 e. The number of rotatable bonds is 7. The fourth-order valence-corrected chi connectivity index (χ4v) is 15.6. The molecule has 4 aliphatic rings. The minimum Gasteiger partial charge on any atom is -0.506 e. The number of carbonyl (C=O) groups is 7. The van der Waals surface area contributed by atoms with Gasteiger partial charge in [-0.25, -0.2) is 39.5 Å². The minimum absolute atomic E-state index is 0.0128. The summed E-state index contributed by atoms with van der Waals surface area (Å²) in [5.41, 5.74) is 4.49. The van der Waals surface area contributed by atoms with Gasteiger partial charge in [0.05, 0.1) is 37.6 Å². The molecule has 7 aromatic heterocycles. The van der Waals surface area contributed by atoms with Crippen LogP contribution in [-0.4, -0.2) is 173 Å². The number of nitrogens with zero attached hydrogens (tertiary/aromatic N) is 7. The van der Waals surface area contributed by atoms with Crippen molar-refractivity contribution >= 4 is 115 Å². The van der Waals surface area contributed by atoms with Crippen molar-refractivity contribution in [3.05, 3.63) is 112 Å². The molecule has 480 valence electrons. The van der Waals surface area contributed by atoms with Gasteiger partial charge in [0.15, 0.2) is 12.4 Å². The zero-order valence-electron chi connectivity index (χ0n) is 49.6. The van der Waals surface area contributed by atoms with Crippen molar-refractivity contribution in [1.82, 2.24) is 61.1 Å². The van der Waals surface area contributed by atoms with E-state index in [0.29, 0.717) is 16.5 Å². The van der Waals surface area contributed by atoms with Gasteiger partial charge in [-0.15, -0.1) is 56.7 Å². The molecule has 1 fully saturated rings. The SMILES string of the molecule is COC(C)=C1NC(=O)C(C(C)O)NC(=O)c2csc(n2)-c2cc(O)c(-c3nc(C(N)=O)cs3)nc2-c2csc(n2)C2COC(=O)c3[nH]c4cccc5c4c3COC(C(OC3CC(C)(O)C(N(C)C)C(C)O3)C(=O)OC5)C(NC(=O)c3csc1n3)c1nc(cs1)C(=O)N2. The number of esters is 2. The van der Waals surface area contributed by atoms with Gasteiger partial charge in [-0.2, -0.15) is 0 Å². The van der Waals surface area contributed by atoms with E-state index in [1.807, 2.05) is 4.90 Å². The molecule has 92 heavy (non-hydrogen) atoms. The van der Waals surface area contributed by atoms with Crippen molar-refractivity contribution in [1.29, 1.82) is 0 Å². The number of methoxy groups -OCH3 is 1. The zero-order valence-corrected chi connectivity index (χ0v) is 53.7. The molecule has 10 N–H and O–H groups in total. The van der Waals surface area contributed by atoms with E-state index in [-0.39, 0.29) is 106 Å². The normalized spacial score (nSPS) is 24.9. The van der Waals surface area contributed by atoms with Crippen LogP contribution in [0, 0.1) is 0 Å². The molecule has 34 heteroatoms. The molecule has 12 bridgehead atoms. The zero-order chi connectivity index (χ0) is 65.2. The van der Waals surface area contributed by atoms with Crippen LogP contribution in [-0.2, 0) is 51.2 Å². The summed E-state index contributed by atoms with van der Waals surface area (Å²) in [6.07, 6.45) is -7.20. The molecule has 0 aliphatic carbocycles. The lowest BCUT2D eigenvalue weighted by Gasteiger charge is -2.48. The number of benzene rings is 1. The number of cyclic esters (lactones) is 2. The number of pyridine rings is 1. The van der Waals surface area contributed by atoms with E-state index >= 15 is 9.59 Å². The number of hydrogen-bond acceptors (Lipinski definition) is 28. The predicted octanol–water partition coefficient (Wildman–Crippen LogP) is 4.55. The summed E-state index contributed by atoms with van der Waals surface area (Å²) < 4.78 is 37.8. The number of aliphatic hydroxyl groups is 2. The number of aromatic nitrogens is 7. The molecule has 1 saturated heterocycles. The number of nitrogens with one attached hydrogen (secondary N) is 5. The third-order valence-electron chi connectivity index (χ3n) is 15.6. The Kier molecular flexibility index (Phi) is 17.6. The molecule has 11 heterocycles. The predicted molar refractivity (Wildman–Crippen MR) is 332 cm³/mol. The number of carbonyl (C=O) groups excluding carboxylic acids is 7. The topological polar surface area (TPSA) is 406 Å². The molecule has 10 atom stereocenters. The van der Waals surface area contributed by atoms with Crippen LogP contribution in [0.5, 0.6) is 5.75 Å². The second-order valence-electron chi connectivity index (χ2n) is 22.3. The van der Waals surface area contributed by atoms with Crippen LogP contribution >= 0.6 is 56.7 Å². The molecule has 4 aliphatic heterocycles. The highest BCUT2D eigenvalue weighted by Crippen LogP contribution is 2.43. The number of allylic oxidation sites excluding steroid dienone is 1. The van der Waals surface area contributed by atoms with Crippen molar-refractivity contribution < 1.29 is 77.3 Å². The number of thiazole rings is 5. The third-order valence-corrected chi connectivity index (χ3v) is 20.1. The lowest BCUT2D eigenvalue weighted by Crippen LogP contribution is -2.62. The standard InChI is InChI=1S/C58H57N13O16S5/c1-21(72)37-50(78)69-38(22(2)82-7)53-65-33(20-91-53)49(77)70-42-43-44(87-35-12-58(4,81)45(71(5)6)23(3)86-35)57(80)84-13-24-9-8-10-27-36(24)26(14-83-43)40(60-27)56(79)85-15-28(61-47(75)31-19-92-55(42)66-31)52-62-29(16-89-52)39-25(51-64-32(18-88-51)48(76)68-37)11-34(73)41(67-39)54-63-30(17-90-54)46(59)74/h8-11,16-21,23,28,35,37,42-45,60,72-73,81H,12-15H2,1-7H3,(H2,59,74)(H,61,75)(H,68,76)(H,69,78)(H,70,77). The van der Waals surface area contributed by atoms with Gasteiger partial charge < -0.3 is 80.6 Å². The van der Waals surface area contributed by atoms with Gasteiger partial charge >= 0.3 is 11.9 Å². The lowest BCUT2D eigenvalue weighted by molar-refractivity contribution is -0.280. The Morgan fingerprint density at radius 3 is 2.22 bits per heavy atom. The van der Waals surface area contributed by atoms with Gasteiger partial charge in [-0.3, -0.25) is 24.0 Å². The quantitative estimate of drug-likeness (QED) is 0.0780. The molecule has 0 radical (unpaired) electrons. The number of aromatic amines is 1. The Labute approximate surface area is 541 Å². The van der Waals surface area contributed by atoms with Crippen molar-refractivity contribution in [2.45, 2.75) is 108 Å². The molecule has 0 saturated carbocycles. The Balaban J connectivity index is 1.04. The number of ether oxygens (including phenoxy) is 6. The summed E-state index contributed by atoms with van der Waals surface area (Å²) >= 11 is 4.75. The molecule has 10 unspecified atom stereocenters. The Bertz CT molecular complexity index is 4300. The third kappa shape index (κ3) is 12.4. The van der Waals surface area contributed by atoms with Crippen LogP contribution in [0.3, 0.4) is 0 Å². The summed E-state index contributed by atoms with van der Waals surface area (Å²) in [6, 6.07) is 1.41. The van der Waals surface area contributed by atoms with Gasteiger partial charge in [0, 0.05) is 55.4 Å². The van der Waals surface area contributed by atoms with Gasteiger partial charge in [-0.05, 0) is 59.5 Å². The second-order valence-corrected chi connectivity index (χ2v) is 26.6. The first-order valence-electron chi connectivity index (χ1n) is 28.2. The van der Waals surface area contributed by atoms with Gasteiger partial charge in [0.1, 0.15) is 125 Å². The van der Waals surface area contributed by atoms with Crippen molar-refractivity contribution in [2.75, 3.05) is 27.8 Å². The minimum atomic E-state index is -1.84. The summed E-state index contributed by atoms with van der Waals surface area (Å²) in [4.78, 5) is 134. The van der Waals surface area contributed by atoms with E-state index in [4.69, 9.17) is 49.1 Å². The molecule has 0 spiro atoms. The number of hydrogen-bond donors (Lipinski definition) is 9. The first-order valence-corrected chi connectivity index (χ1v) is 32.6. The Morgan fingerprint density at radius 2 is 1.50 bits per heavy atom. The van der Waals surface area contributed by atoms with Gasteiger partial charge in [0.25, 0.3) is 23.6 Å². The van der Waals surface area contributed by atoms with Crippen LogP contribution in [0.2, 0.25) is 0 Å². The number of nitrogens with two attached hydrogens (primary N) is 1. The summed E-state index contributed by atoms with van der Waals surface area (Å²) in [5, 5.41) is 53.7. The maximum absolute atomic E-state index is 15.1. The average Bonchev–Trinajstić information content (AvgIpc) is 1.86. The lowest BCUT2D eigenvalue weighted by atomic mass is 9.85. The Hall–Kier alpha value is -8.55. The monoisotopic (exact) mass is 1350 g/mol. The van der Waals surface area contributed by atoms with Crippen LogP contribution in [0.4, 0.5) is 0 Å². The van der Waals surface area contributed by atoms with E-state index in [1.54, 1.807) is 51.5 Å². The first kappa shape index (κ1) is 63.6. The molecule has 1 aromatic carbocycles. The molecule has 29 nitrogen and oxygen atoms in total. The van der Waals surface area contributed by atoms with Crippen LogP contribution in [0.15, 0.2) is 56.9 Å². The number of primary amides is 1. The summed E-state index contributed by atoms with van der Waals surface area (Å²) in [5.74, 6) is -6.64. The van der Waals surface area contributed by atoms with Crippen molar-refractivity contribution in [2.24, 2.45) is 5.73 Å². The smallest absolute Gasteiger partial charge is 0.355 e. The summed E-state index contributed by atoms with van der Waals surface area (Å²) in [6.45, 7) is 4.75. The molecule has 8 aromatic rings. The molecular formula is C58H57N13O16S5. The average molecular weight is 1350 g/mol. The van der Waals surface area contributed by atoms with Crippen molar-refractivity contribution in [3.8, 4) is 38.4 Å². The van der Waals surface area contributed by atoms with Gasteiger partial charge in [-0.1, -0.05) is 12.1 Å². The first-order chi connectivity index (χ1) is 43.9. The summed E-state index contributed by atoms with van der Waals surface area (Å²) in [7, 11) is 4.90. The maximum atomic E-state index is 15.1. The van der Waals surface area contributed by atoms with E-state index in [0.717, 1.165) is 56.7 Å². The highest BCUT2D eigenvalue weighted by molar-refractivity contribution is 7.14. The number of fused-ring (bicyclic) bond motifs is 15. The van der Waals surface area contributed by atoms with E-state index in [9.17, 15) is 39.3 Å². The number of likely N-dealkylation sites (N-methyl/N-ethyl adjacent to an activating group) is 1.